The summed E-state index contributed by atoms with van der Waals surface area (Å²) in [5.74, 6) is 0.336. The molecule has 0 spiro atoms. The van der Waals surface area contributed by atoms with Gasteiger partial charge in [-0.1, -0.05) is 19.8 Å². The molecule has 0 saturated carbocycles. The molecule has 0 fully saturated rings. The van der Waals surface area contributed by atoms with E-state index >= 15 is 0 Å². The van der Waals surface area contributed by atoms with Crippen LogP contribution in [0.25, 0.3) is 0 Å². The molecule has 1 rings (SSSR count). The van der Waals surface area contributed by atoms with Gasteiger partial charge in [-0.2, -0.15) is 4.31 Å². The molecule has 22 heavy (non-hydrogen) atoms. The van der Waals surface area contributed by atoms with Crippen molar-refractivity contribution in [2.45, 2.75) is 26.2 Å². The van der Waals surface area contributed by atoms with E-state index in [0.717, 1.165) is 25.5 Å². The Morgan fingerprint density at radius 1 is 1.23 bits per heavy atom. The molecule has 0 saturated heterocycles. The summed E-state index contributed by atoms with van der Waals surface area (Å²) in [6, 6.07) is 6.87. The van der Waals surface area contributed by atoms with E-state index in [9.17, 15) is 13.2 Å². The van der Waals surface area contributed by atoms with Crippen LogP contribution in [0.15, 0.2) is 24.3 Å². The number of carbonyl (C=O) groups is 1. The number of amides is 1. The third kappa shape index (κ3) is 6.44. The highest BCUT2D eigenvalue weighted by molar-refractivity contribution is 7.88. The molecule has 7 heteroatoms. The first kappa shape index (κ1) is 18.4. The molecule has 0 aliphatic heterocycles. The van der Waals surface area contributed by atoms with Gasteiger partial charge in [0, 0.05) is 12.2 Å². The van der Waals surface area contributed by atoms with E-state index in [1.807, 2.05) is 6.92 Å². The first-order valence-corrected chi connectivity index (χ1v) is 9.10. The number of sulfonamides is 1. The zero-order valence-electron chi connectivity index (χ0n) is 13.3. The Labute approximate surface area is 132 Å². The molecule has 0 heterocycles. The number of methoxy groups -OCH3 is 1. The van der Waals surface area contributed by atoms with Crippen LogP contribution in [0.5, 0.6) is 5.75 Å². The maximum Gasteiger partial charge on any atom is 0.239 e. The van der Waals surface area contributed by atoms with Gasteiger partial charge in [-0.25, -0.2) is 8.42 Å². The van der Waals surface area contributed by atoms with Crippen molar-refractivity contribution in [3.05, 3.63) is 24.3 Å². The molecule has 1 N–H and O–H groups in total. The van der Waals surface area contributed by atoms with Gasteiger partial charge in [-0.15, -0.1) is 0 Å². The molecule has 1 aromatic rings. The number of nitrogens with one attached hydrogen (secondary N) is 1. The SMILES string of the molecule is CCCCCN(CC(=O)Nc1ccc(OC)cc1)S(C)(=O)=O. The molecule has 0 unspecified atom stereocenters. The van der Waals surface area contributed by atoms with Crippen molar-refractivity contribution >= 4 is 21.6 Å². The predicted molar refractivity (Wildman–Crippen MR) is 87.6 cm³/mol. The molecule has 6 nitrogen and oxygen atoms in total. The number of ether oxygens (including phenoxy) is 1. The van der Waals surface area contributed by atoms with Gasteiger partial charge in [0.1, 0.15) is 5.75 Å². The van der Waals surface area contributed by atoms with Crippen LogP contribution in [-0.4, -0.2) is 45.1 Å². The lowest BCUT2D eigenvalue weighted by Gasteiger charge is -2.19. The topological polar surface area (TPSA) is 75.7 Å². The fourth-order valence-electron chi connectivity index (χ4n) is 1.94. The molecule has 0 radical (unpaired) electrons. The van der Waals surface area contributed by atoms with Crippen LogP contribution in [0.3, 0.4) is 0 Å². The highest BCUT2D eigenvalue weighted by atomic mass is 32.2. The Morgan fingerprint density at radius 2 is 1.86 bits per heavy atom. The number of nitrogens with zero attached hydrogens (tertiary/aromatic N) is 1. The lowest BCUT2D eigenvalue weighted by Crippen LogP contribution is -2.38. The van der Waals surface area contributed by atoms with Crippen molar-refractivity contribution in [2.75, 3.05) is 31.8 Å². The van der Waals surface area contributed by atoms with Crippen molar-refractivity contribution in [1.82, 2.24) is 4.31 Å². The predicted octanol–water partition coefficient (Wildman–Crippen LogP) is 2.09. The summed E-state index contributed by atoms with van der Waals surface area (Å²) in [4.78, 5) is 12.0. The standard InChI is InChI=1S/C15H24N2O4S/c1-4-5-6-11-17(22(3,19)20)12-15(18)16-13-7-9-14(21-2)10-8-13/h7-10H,4-6,11-12H2,1-3H3,(H,16,18). The lowest BCUT2D eigenvalue weighted by atomic mass is 10.2. The zero-order valence-corrected chi connectivity index (χ0v) is 14.1. The van der Waals surface area contributed by atoms with Gasteiger partial charge < -0.3 is 10.1 Å². The van der Waals surface area contributed by atoms with Gasteiger partial charge in [-0.3, -0.25) is 4.79 Å². The van der Waals surface area contributed by atoms with E-state index in [2.05, 4.69) is 5.32 Å². The number of benzene rings is 1. The summed E-state index contributed by atoms with van der Waals surface area (Å²) in [6.45, 7) is 2.23. The minimum Gasteiger partial charge on any atom is -0.497 e. The first-order chi connectivity index (χ1) is 10.4. The first-order valence-electron chi connectivity index (χ1n) is 7.26. The van der Waals surface area contributed by atoms with Gasteiger partial charge in [0.15, 0.2) is 0 Å². The minimum absolute atomic E-state index is 0.172. The molecule has 124 valence electrons. The maximum absolute atomic E-state index is 12.0. The van der Waals surface area contributed by atoms with Crippen LogP contribution in [0.1, 0.15) is 26.2 Å². The number of rotatable bonds is 9. The fraction of sp³-hybridized carbons (Fsp3) is 0.533. The quantitative estimate of drug-likeness (QED) is 0.704. The number of anilines is 1. The van der Waals surface area contributed by atoms with Gasteiger partial charge in [0.2, 0.25) is 15.9 Å². The Balaban J connectivity index is 2.61. The third-order valence-corrected chi connectivity index (χ3v) is 4.42. The molecule has 0 aliphatic rings. The van der Waals surface area contributed by atoms with Crippen molar-refractivity contribution in [3.8, 4) is 5.75 Å². The molecule has 0 bridgehead atoms. The summed E-state index contributed by atoms with van der Waals surface area (Å²) in [6.07, 6.45) is 3.81. The van der Waals surface area contributed by atoms with E-state index in [4.69, 9.17) is 4.74 Å². The lowest BCUT2D eigenvalue weighted by molar-refractivity contribution is -0.116. The number of hydrogen-bond acceptors (Lipinski definition) is 4. The molecule has 1 aromatic carbocycles. The van der Waals surface area contributed by atoms with Gasteiger partial charge in [-0.05, 0) is 30.7 Å². The third-order valence-electron chi connectivity index (χ3n) is 3.17. The van der Waals surface area contributed by atoms with E-state index in [-0.39, 0.29) is 12.5 Å². The van der Waals surface area contributed by atoms with Crippen LogP contribution in [0.4, 0.5) is 5.69 Å². The number of hydrogen-bond donors (Lipinski definition) is 1. The Bertz CT molecular complexity index is 570. The summed E-state index contributed by atoms with van der Waals surface area (Å²) in [5.41, 5.74) is 0.604. The van der Waals surface area contributed by atoms with Gasteiger partial charge in [0.05, 0.1) is 19.9 Å². The Morgan fingerprint density at radius 3 is 2.36 bits per heavy atom. The molecule has 1 amide bonds. The maximum atomic E-state index is 12.0. The average molecular weight is 328 g/mol. The summed E-state index contributed by atoms with van der Waals surface area (Å²) < 4.78 is 29.7. The second-order valence-corrected chi connectivity index (χ2v) is 7.06. The largest absolute Gasteiger partial charge is 0.497 e. The average Bonchev–Trinajstić information content (AvgIpc) is 2.46. The highest BCUT2D eigenvalue weighted by Gasteiger charge is 2.19. The van der Waals surface area contributed by atoms with Crippen LogP contribution < -0.4 is 10.1 Å². The molecule has 0 aromatic heterocycles. The van der Waals surface area contributed by atoms with Crippen molar-refractivity contribution in [3.63, 3.8) is 0 Å². The zero-order chi connectivity index (χ0) is 16.6. The highest BCUT2D eigenvalue weighted by Crippen LogP contribution is 2.15. The Hall–Kier alpha value is -1.60. The van der Waals surface area contributed by atoms with Crippen molar-refractivity contribution in [2.24, 2.45) is 0 Å². The summed E-state index contributed by atoms with van der Waals surface area (Å²) >= 11 is 0. The Kier molecular flexibility index (Phi) is 7.34. The van der Waals surface area contributed by atoms with Gasteiger partial charge >= 0.3 is 0 Å². The van der Waals surface area contributed by atoms with Crippen LogP contribution in [0, 0.1) is 0 Å². The van der Waals surface area contributed by atoms with E-state index in [1.165, 1.54) is 4.31 Å². The minimum atomic E-state index is -3.39. The number of carbonyl (C=O) groups excluding carboxylic acids is 1. The van der Waals surface area contributed by atoms with E-state index < -0.39 is 10.0 Å². The van der Waals surface area contributed by atoms with Crippen LogP contribution >= 0.6 is 0 Å². The smallest absolute Gasteiger partial charge is 0.239 e. The fourth-order valence-corrected chi connectivity index (χ4v) is 2.75. The molecule has 0 atom stereocenters. The van der Waals surface area contributed by atoms with Crippen LogP contribution in [0.2, 0.25) is 0 Å². The molecule has 0 aliphatic carbocycles. The second kappa shape index (κ2) is 8.75. The summed E-state index contributed by atoms with van der Waals surface area (Å²) in [5, 5.41) is 2.69. The molecular weight excluding hydrogens is 304 g/mol. The van der Waals surface area contributed by atoms with E-state index in [1.54, 1.807) is 31.4 Å². The normalized spacial score (nSPS) is 11.5. The van der Waals surface area contributed by atoms with Crippen molar-refractivity contribution < 1.29 is 17.9 Å². The molecular formula is C15H24N2O4S. The van der Waals surface area contributed by atoms with Gasteiger partial charge in [0.25, 0.3) is 0 Å². The number of unbranched alkanes of at least 4 members (excludes halogenated alkanes) is 2. The monoisotopic (exact) mass is 328 g/mol. The van der Waals surface area contributed by atoms with Crippen LogP contribution in [-0.2, 0) is 14.8 Å². The summed E-state index contributed by atoms with van der Waals surface area (Å²) in [7, 11) is -1.83. The second-order valence-electron chi connectivity index (χ2n) is 5.08. The van der Waals surface area contributed by atoms with E-state index in [0.29, 0.717) is 18.0 Å². The van der Waals surface area contributed by atoms with Crippen molar-refractivity contribution in [1.29, 1.82) is 0 Å².